The first-order valence-corrected chi connectivity index (χ1v) is 11.0. The van der Waals surface area contributed by atoms with Gasteiger partial charge >= 0.3 is 0 Å². The molecule has 7 nitrogen and oxygen atoms in total. The van der Waals surface area contributed by atoms with Crippen LogP contribution < -0.4 is 10.3 Å². The number of rotatable bonds is 4. The third kappa shape index (κ3) is 3.63. The molecule has 29 heavy (non-hydrogen) atoms. The summed E-state index contributed by atoms with van der Waals surface area (Å²) in [7, 11) is -2.05. The van der Waals surface area contributed by atoms with Crippen molar-refractivity contribution in [2.24, 2.45) is 0 Å². The van der Waals surface area contributed by atoms with E-state index >= 15 is 0 Å². The van der Waals surface area contributed by atoms with Crippen molar-refractivity contribution in [2.45, 2.75) is 23.8 Å². The van der Waals surface area contributed by atoms with E-state index in [1.54, 1.807) is 47.0 Å². The van der Waals surface area contributed by atoms with Crippen LogP contribution in [0.25, 0.3) is 10.9 Å². The van der Waals surface area contributed by atoms with Gasteiger partial charge in [0, 0.05) is 19.1 Å². The fraction of sp³-hybridized carbons (Fsp3) is 0.300. The summed E-state index contributed by atoms with van der Waals surface area (Å²) < 4.78 is 33.9. The first-order chi connectivity index (χ1) is 13.9. The second kappa shape index (κ2) is 7.78. The zero-order valence-corrected chi connectivity index (χ0v) is 17.4. The van der Waals surface area contributed by atoms with Crippen LogP contribution in [0.15, 0.2) is 58.5 Å². The summed E-state index contributed by atoms with van der Waals surface area (Å²) in [5.74, 6) is 0.603. The molecule has 0 bridgehead atoms. The topological polar surface area (TPSA) is 81.5 Å². The smallest absolute Gasteiger partial charge is 0.261 e. The van der Waals surface area contributed by atoms with Crippen molar-refractivity contribution in [2.75, 3.05) is 20.2 Å². The highest BCUT2D eigenvalue weighted by molar-refractivity contribution is 7.89. The van der Waals surface area contributed by atoms with Crippen molar-refractivity contribution < 1.29 is 13.2 Å². The molecule has 0 amide bonds. The lowest BCUT2D eigenvalue weighted by atomic mass is 10.1. The summed E-state index contributed by atoms with van der Waals surface area (Å²) in [6.45, 7) is 0.665. The first-order valence-electron chi connectivity index (χ1n) is 9.21. The van der Waals surface area contributed by atoms with Crippen LogP contribution in [0.5, 0.6) is 5.75 Å². The minimum atomic E-state index is -3.59. The maximum absolute atomic E-state index is 12.9. The van der Waals surface area contributed by atoms with E-state index in [1.165, 1.54) is 17.7 Å². The molecule has 152 valence electrons. The minimum absolute atomic E-state index is 0.110. The van der Waals surface area contributed by atoms with E-state index in [2.05, 4.69) is 4.98 Å². The number of hydrogen-bond donors (Lipinski definition) is 0. The Kier molecular flexibility index (Phi) is 5.33. The largest absolute Gasteiger partial charge is 0.497 e. The predicted octanol–water partition coefficient (Wildman–Crippen LogP) is 3.08. The molecule has 1 saturated heterocycles. The Balaban J connectivity index is 1.54. The van der Waals surface area contributed by atoms with E-state index in [0.29, 0.717) is 47.6 Å². The van der Waals surface area contributed by atoms with E-state index < -0.39 is 10.0 Å². The monoisotopic (exact) mass is 433 g/mol. The average molecular weight is 434 g/mol. The number of piperidine rings is 1. The zero-order chi connectivity index (χ0) is 20.6. The van der Waals surface area contributed by atoms with Crippen LogP contribution in [0.4, 0.5) is 0 Å². The summed E-state index contributed by atoms with van der Waals surface area (Å²) in [5.41, 5.74) is 0.323. The number of benzene rings is 2. The van der Waals surface area contributed by atoms with Crippen LogP contribution in [0.3, 0.4) is 0 Å². The Hall–Kier alpha value is -2.42. The normalized spacial score (nSPS) is 16.2. The molecular weight excluding hydrogens is 414 g/mol. The SMILES string of the molecule is COc1ccc(S(=O)(=O)N2CCC(n3cnc4c(Cl)cccc4c3=O)CC2)cc1. The van der Waals surface area contributed by atoms with Gasteiger partial charge in [-0.15, -0.1) is 0 Å². The van der Waals surface area contributed by atoms with Gasteiger partial charge in [0.25, 0.3) is 5.56 Å². The standard InChI is InChI=1S/C20H20ClN3O4S/c1-28-15-5-7-16(8-6-15)29(26,27)23-11-9-14(10-12-23)24-13-22-19-17(20(24)25)3-2-4-18(19)21/h2-8,13-14H,9-12H2,1H3. The van der Waals surface area contributed by atoms with E-state index in [1.807, 2.05) is 0 Å². The molecule has 1 fully saturated rings. The van der Waals surface area contributed by atoms with Gasteiger partial charge in [-0.1, -0.05) is 17.7 Å². The van der Waals surface area contributed by atoms with Crippen molar-refractivity contribution in [1.29, 1.82) is 0 Å². The summed E-state index contributed by atoms with van der Waals surface area (Å²) >= 11 is 6.12. The summed E-state index contributed by atoms with van der Waals surface area (Å²) in [6.07, 6.45) is 2.57. The zero-order valence-electron chi connectivity index (χ0n) is 15.8. The Morgan fingerprint density at radius 2 is 1.79 bits per heavy atom. The highest BCUT2D eigenvalue weighted by atomic mass is 35.5. The number of para-hydroxylation sites is 1. The lowest BCUT2D eigenvalue weighted by Crippen LogP contribution is -2.40. The fourth-order valence-electron chi connectivity index (χ4n) is 3.65. The third-order valence-electron chi connectivity index (χ3n) is 5.28. The molecule has 2 heterocycles. The molecule has 0 atom stereocenters. The Morgan fingerprint density at radius 1 is 1.10 bits per heavy atom. The first kappa shape index (κ1) is 19.9. The molecule has 2 aromatic carbocycles. The van der Waals surface area contributed by atoms with Crippen LogP contribution in [0.1, 0.15) is 18.9 Å². The van der Waals surface area contributed by atoms with Gasteiger partial charge in [0.2, 0.25) is 10.0 Å². The number of halogens is 1. The lowest BCUT2D eigenvalue weighted by molar-refractivity contribution is 0.269. The molecule has 0 radical (unpaired) electrons. The van der Waals surface area contributed by atoms with Crippen molar-refractivity contribution >= 4 is 32.5 Å². The maximum atomic E-state index is 12.9. The highest BCUT2D eigenvalue weighted by Crippen LogP contribution is 2.27. The van der Waals surface area contributed by atoms with Crippen molar-refractivity contribution in [1.82, 2.24) is 13.9 Å². The van der Waals surface area contributed by atoms with Gasteiger partial charge in [-0.25, -0.2) is 13.4 Å². The van der Waals surface area contributed by atoms with Crippen LogP contribution in [0.2, 0.25) is 5.02 Å². The minimum Gasteiger partial charge on any atom is -0.497 e. The average Bonchev–Trinajstić information content (AvgIpc) is 2.75. The van der Waals surface area contributed by atoms with E-state index in [0.717, 1.165) is 0 Å². The molecule has 1 aliphatic rings. The second-order valence-corrected chi connectivity index (χ2v) is 9.25. The fourth-order valence-corrected chi connectivity index (χ4v) is 5.34. The van der Waals surface area contributed by atoms with Gasteiger partial charge in [-0.2, -0.15) is 4.31 Å². The lowest BCUT2D eigenvalue weighted by Gasteiger charge is -2.32. The number of methoxy groups -OCH3 is 1. The molecule has 3 aromatic rings. The Bertz CT molecular complexity index is 1200. The molecule has 4 rings (SSSR count). The molecule has 9 heteroatoms. The van der Waals surface area contributed by atoms with E-state index in [-0.39, 0.29) is 16.5 Å². The maximum Gasteiger partial charge on any atom is 0.261 e. The van der Waals surface area contributed by atoms with Gasteiger partial charge in [-0.3, -0.25) is 9.36 Å². The van der Waals surface area contributed by atoms with Gasteiger partial charge in [0.15, 0.2) is 0 Å². The van der Waals surface area contributed by atoms with E-state index in [4.69, 9.17) is 16.3 Å². The van der Waals surface area contributed by atoms with Gasteiger partial charge in [-0.05, 0) is 49.2 Å². The van der Waals surface area contributed by atoms with Crippen molar-refractivity contribution in [3.63, 3.8) is 0 Å². The van der Waals surface area contributed by atoms with E-state index in [9.17, 15) is 13.2 Å². The van der Waals surface area contributed by atoms with Crippen LogP contribution in [-0.2, 0) is 10.0 Å². The number of nitrogens with zero attached hydrogens (tertiary/aromatic N) is 3. The highest BCUT2D eigenvalue weighted by Gasteiger charge is 2.30. The van der Waals surface area contributed by atoms with Gasteiger partial charge < -0.3 is 4.74 Å². The predicted molar refractivity (Wildman–Crippen MR) is 111 cm³/mol. The number of hydrogen-bond acceptors (Lipinski definition) is 5. The van der Waals surface area contributed by atoms with Gasteiger partial charge in [0.05, 0.1) is 34.3 Å². The molecular formula is C20H20ClN3O4S. The number of fused-ring (bicyclic) bond motifs is 1. The van der Waals surface area contributed by atoms with Gasteiger partial charge in [0.1, 0.15) is 5.75 Å². The molecule has 0 aliphatic carbocycles. The number of aromatic nitrogens is 2. The van der Waals surface area contributed by atoms with Crippen molar-refractivity contribution in [3.8, 4) is 5.75 Å². The summed E-state index contributed by atoms with van der Waals surface area (Å²) in [6, 6.07) is 11.4. The molecule has 1 aromatic heterocycles. The molecule has 0 saturated carbocycles. The number of sulfonamides is 1. The molecule has 0 N–H and O–H groups in total. The third-order valence-corrected chi connectivity index (χ3v) is 7.49. The summed E-state index contributed by atoms with van der Waals surface area (Å²) in [4.78, 5) is 17.4. The number of ether oxygens (including phenoxy) is 1. The summed E-state index contributed by atoms with van der Waals surface area (Å²) in [5, 5.41) is 0.903. The van der Waals surface area contributed by atoms with Crippen LogP contribution in [0, 0.1) is 0 Å². The quantitative estimate of drug-likeness (QED) is 0.631. The molecule has 0 unspecified atom stereocenters. The second-order valence-electron chi connectivity index (χ2n) is 6.90. The molecule has 0 spiro atoms. The Labute approximate surface area is 173 Å². The van der Waals surface area contributed by atoms with Crippen LogP contribution in [-0.4, -0.2) is 42.5 Å². The van der Waals surface area contributed by atoms with Crippen LogP contribution >= 0.6 is 11.6 Å². The van der Waals surface area contributed by atoms with Crippen molar-refractivity contribution in [3.05, 3.63) is 64.2 Å². The molecule has 1 aliphatic heterocycles. The Morgan fingerprint density at radius 3 is 2.45 bits per heavy atom.